The van der Waals surface area contributed by atoms with Gasteiger partial charge in [0.25, 0.3) is 11.8 Å². The molecule has 2 aliphatic rings. The third-order valence-electron chi connectivity index (χ3n) is 5.90. The first kappa shape index (κ1) is 17.7. The molecule has 1 atom stereocenters. The zero-order valence-corrected chi connectivity index (χ0v) is 15.9. The molecule has 5 rings (SSSR count). The number of para-hydroxylation sites is 1. The van der Waals surface area contributed by atoms with Gasteiger partial charge in [0.15, 0.2) is 0 Å². The predicted octanol–water partition coefficient (Wildman–Crippen LogP) is 2.83. The van der Waals surface area contributed by atoms with Crippen LogP contribution in [-0.4, -0.2) is 40.2 Å². The summed E-state index contributed by atoms with van der Waals surface area (Å²) in [5.74, 6) is -0.774. The molecule has 2 N–H and O–H groups in total. The molecule has 0 bridgehead atoms. The number of nitrogens with one attached hydrogen (secondary N) is 2. The number of imide groups is 1. The van der Waals surface area contributed by atoms with E-state index >= 15 is 0 Å². The molecule has 1 aromatic heterocycles. The summed E-state index contributed by atoms with van der Waals surface area (Å²) in [5.41, 5.74) is 4.49. The van der Waals surface area contributed by atoms with E-state index in [-0.39, 0.29) is 36.7 Å². The predicted molar refractivity (Wildman–Crippen MR) is 109 cm³/mol. The molecule has 29 heavy (non-hydrogen) atoms. The molecule has 0 saturated heterocycles. The van der Waals surface area contributed by atoms with E-state index < -0.39 is 0 Å². The summed E-state index contributed by atoms with van der Waals surface area (Å²) in [6, 6.07) is 15.1. The van der Waals surface area contributed by atoms with Crippen molar-refractivity contribution < 1.29 is 14.4 Å². The molecule has 6 heteroatoms. The molecule has 6 nitrogen and oxygen atoms in total. The number of carbonyl (C=O) groups excluding carboxylic acids is 3. The zero-order chi connectivity index (χ0) is 20.0. The maximum absolute atomic E-state index is 12.5. The van der Waals surface area contributed by atoms with E-state index in [1.807, 2.05) is 12.1 Å². The van der Waals surface area contributed by atoms with Crippen molar-refractivity contribution in [2.24, 2.45) is 0 Å². The van der Waals surface area contributed by atoms with Gasteiger partial charge in [0.05, 0.1) is 11.1 Å². The van der Waals surface area contributed by atoms with Crippen LogP contribution in [0.4, 0.5) is 0 Å². The first-order valence-electron chi connectivity index (χ1n) is 9.95. The van der Waals surface area contributed by atoms with Crippen molar-refractivity contribution in [3.05, 3.63) is 70.9 Å². The van der Waals surface area contributed by atoms with Crippen LogP contribution in [0, 0.1) is 0 Å². The molecule has 2 aromatic carbocycles. The summed E-state index contributed by atoms with van der Waals surface area (Å²) in [7, 11) is 0. The quantitative estimate of drug-likeness (QED) is 0.676. The number of benzene rings is 2. The lowest BCUT2D eigenvalue weighted by Gasteiger charge is -2.24. The van der Waals surface area contributed by atoms with Gasteiger partial charge in [0, 0.05) is 42.0 Å². The van der Waals surface area contributed by atoms with Crippen molar-refractivity contribution in [2.45, 2.75) is 31.7 Å². The van der Waals surface area contributed by atoms with Gasteiger partial charge in [-0.1, -0.05) is 30.3 Å². The van der Waals surface area contributed by atoms with Crippen molar-refractivity contribution in [1.29, 1.82) is 0 Å². The van der Waals surface area contributed by atoms with Crippen molar-refractivity contribution in [3.8, 4) is 0 Å². The molecular formula is C23H21N3O3. The van der Waals surface area contributed by atoms with Gasteiger partial charge < -0.3 is 10.3 Å². The number of rotatable bonds is 4. The summed E-state index contributed by atoms with van der Waals surface area (Å²) in [6.45, 7) is 0.0997. The highest BCUT2D eigenvalue weighted by atomic mass is 16.2. The smallest absolute Gasteiger partial charge is 0.261 e. The Morgan fingerprint density at radius 2 is 1.72 bits per heavy atom. The molecule has 3 amide bonds. The van der Waals surface area contributed by atoms with Crippen LogP contribution in [0.5, 0.6) is 0 Å². The Morgan fingerprint density at radius 3 is 2.48 bits per heavy atom. The summed E-state index contributed by atoms with van der Waals surface area (Å²) in [4.78, 5) is 41.9. The average Bonchev–Trinajstić information content (AvgIpc) is 3.22. The summed E-state index contributed by atoms with van der Waals surface area (Å²) < 4.78 is 0. The van der Waals surface area contributed by atoms with Gasteiger partial charge in [-0.05, 0) is 36.6 Å². The highest BCUT2D eigenvalue weighted by Crippen LogP contribution is 2.29. The van der Waals surface area contributed by atoms with E-state index in [4.69, 9.17) is 0 Å². The van der Waals surface area contributed by atoms with Crippen LogP contribution in [-0.2, 0) is 17.6 Å². The zero-order valence-electron chi connectivity index (χ0n) is 15.9. The lowest BCUT2D eigenvalue weighted by Crippen LogP contribution is -2.41. The van der Waals surface area contributed by atoms with Gasteiger partial charge in [-0.15, -0.1) is 0 Å². The number of nitrogens with zero attached hydrogens (tertiary/aromatic N) is 1. The van der Waals surface area contributed by atoms with Crippen molar-refractivity contribution in [1.82, 2.24) is 15.2 Å². The van der Waals surface area contributed by atoms with Gasteiger partial charge in [-0.25, -0.2) is 0 Å². The van der Waals surface area contributed by atoms with Crippen LogP contribution in [0.1, 0.15) is 44.8 Å². The highest BCUT2D eigenvalue weighted by Gasteiger charge is 2.35. The van der Waals surface area contributed by atoms with Crippen LogP contribution >= 0.6 is 0 Å². The number of aryl methyl sites for hydroxylation is 1. The van der Waals surface area contributed by atoms with Gasteiger partial charge >= 0.3 is 0 Å². The standard InChI is InChI=1S/C23H21N3O3/c27-21(11-12-26-22(28)17-6-1-2-7-18(17)23(26)29)24-14-9-10-16-15-5-3-4-8-19(15)25-20(16)13-14/h1-8,14,25H,9-13H2,(H,24,27). The fourth-order valence-corrected chi connectivity index (χ4v) is 4.46. The number of aromatic nitrogens is 1. The summed E-state index contributed by atoms with van der Waals surface area (Å²) >= 11 is 0. The second-order valence-electron chi connectivity index (χ2n) is 7.69. The van der Waals surface area contributed by atoms with E-state index in [0.717, 1.165) is 24.8 Å². The normalized spacial score (nSPS) is 18.1. The number of amides is 3. The van der Waals surface area contributed by atoms with Crippen molar-refractivity contribution >= 4 is 28.6 Å². The number of aromatic amines is 1. The third-order valence-corrected chi connectivity index (χ3v) is 5.90. The third kappa shape index (κ3) is 3.01. The monoisotopic (exact) mass is 387 g/mol. The van der Waals surface area contributed by atoms with E-state index in [0.29, 0.717) is 11.1 Å². The number of fused-ring (bicyclic) bond motifs is 4. The molecule has 0 radical (unpaired) electrons. The SMILES string of the molecule is O=C(CCN1C(=O)c2ccccc2C1=O)NC1CCc2c([nH]c3ccccc23)C1. The minimum Gasteiger partial charge on any atom is -0.358 e. The van der Waals surface area contributed by atoms with Crippen LogP contribution in [0.15, 0.2) is 48.5 Å². The minimum atomic E-state index is -0.321. The van der Waals surface area contributed by atoms with E-state index in [1.54, 1.807) is 24.3 Å². The van der Waals surface area contributed by atoms with Gasteiger partial charge in [-0.3, -0.25) is 19.3 Å². The molecule has 0 spiro atoms. The molecule has 1 aliphatic heterocycles. The number of carbonyl (C=O) groups is 3. The molecule has 1 aliphatic carbocycles. The van der Waals surface area contributed by atoms with Gasteiger partial charge in [0.1, 0.15) is 0 Å². The number of H-pyrrole nitrogens is 1. The first-order chi connectivity index (χ1) is 14.1. The Morgan fingerprint density at radius 1 is 1.03 bits per heavy atom. The Labute approximate surface area is 167 Å². The second kappa shape index (κ2) is 6.88. The van der Waals surface area contributed by atoms with Crippen LogP contribution < -0.4 is 5.32 Å². The number of hydrogen-bond donors (Lipinski definition) is 2. The topological polar surface area (TPSA) is 82.3 Å². The molecule has 2 heterocycles. The van der Waals surface area contributed by atoms with Crippen LogP contribution in [0.25, 0.3) is 10.9 Å². The molecule has 146 valence electrons. The Balaban J connectivity index is 1.20. The maximum Gasteiger partial charge on any atom is 0.261 e. The van der Waals surface area contributed by atoms with Crippen molar-refractivity contribution in [3.63, 3.8) is 0 Å². The lowest BCUT2D eigenvalue weighted by atomic mass is 9.91. The van der Waals surface area contributed by atoms with E-state index in [1.165, 1.54) is 21.5 Å². The molecular weight excluding hydrogens is 366 g/mol. The molecule has 3 aromatic rings. The van der Waals surface area contributed by atoms with Crippen LogP contribution in [0.2, 0.25) is 0 Å². The van der Waals surface area contributed by atoms with Gasteiger partial charge in [0.2, 0.25) is 5.91 Å². The molecule has 0 fully saturated rings. The largest absolute Gasteiger partial charge is 0.358 e. The van der Waals surface area contributed by atoms with Gasteiger partial charge in [-0.2, -0.15) is 0 Å². The molecule has 0 saturated carbocycles. The summed E-state index contributed by atoms with van der Waals surface area (Å²) in [5, 5.41) is 4.33. The summed E-state index contributed by atoms with van der Waals surface area (Å²) in [6.07, 6.45) is 2.68. The molecule has 1 unspecified atom stereocenters. The van der Waals surface area contributed by atoms with Crippen LogP contribution in [0.3, 0.4) is 0 Å². The Hall–Kier alpha value is -3.41. The van der Waals surface area contributed by atoms with Crippen molar-refractivity contribution in [2.75, 3.05) is 6.54 Å². The average molecular weight is 387 g/mol. The lowest BCUT2D eigenvalue weighted by molar-refractivity contribution is -0.121. The number of hydrogen-bond acceptors (Lipinski definition) is 3. The fraction of sp³-hybridized carbons (Fsp3) is 0.261. The fourth-order valence-electron chi connectivity index (χ4n) is 4.46. The maximum atomic E-state index is 12.5. The Bertz CT molecular complexity index is 1110. The van der Waals surface area contributed by atoms with E-state index in [9.17, 15) is 14.4 Å². The van der Waals surface area contributed by atoms with E-state index in [2.05, 4.69) is 22.4 Å². The first-order valence-corrected chi connectivity index (χ1v) is 9.95. The Kier molecular flexibility index (Phi) is 4.19. The second-order valence-corrected chi connectivity index (χ2v) is 7.69. The minimum absolute atomic E-state index is 0.0604. The highest BCUT2D eigenvalue weighted by molar-refractivity contribution is 6.21.